The standard InChI is InChI=1S/C21H22F3N3O3S2/c1-25-13-18(14-3-5-15(6-4-14)21(22,23)24)19-17(20(25)28)11-16(31-19)12-26-7-9-27(10-8-26)32(2,29)30/h3-6,11,13H,7-10,12H2,1-2H3. The number of benzene rings is 1. The average molecular weight is 486 g/mol. The Labute approximate surface area is 187 Å². The van der Waals surface area contributed by atoms with E-state index in [0.717, 1.165) is 21.7 Å². The molecule has 1 saturated heterocycles. The zero-order valence-corrected chi connectivity index (χ0v) is 19.1. The molecule has 0 spiro atoms. The van der Waals surface area contributed by atoms with Gasteiger partial charge in [0, 0.05) is 61.1 Å². The van der Waals surface area contributed by atoms with Crippen LogP contribution >= 0.6 is 11.3 Å². The Kier molecular flexibility index (Phi) is 5.95. The minimum absolute atomic E-state index is 0.167. The summed E-state index contributed by atoms with van der Waals surface area (Å²) in [4.78, 5) is 15.8. The lowest BCUT2D eigenvalue weighted by Gasteiger charge is -2.32. The minimum Gasteiger partial charge on any atom is -0.317 e. The first kappa shape index (κ1) is 23.0. The Balaban J connectivity index is 1.64. The van der Waals surface area contributed by atoms with Crippen LogP contribution in [0.25, 0.3) is 21.2 Å². The number of rotatable bonds is 4. The fourth-order valence-corrected chi connectivity index (χ4v) is 5.91. The second-order valence-corrected chi connectivity index (χ2v) is 11.0. The van der Waals surface area contributed by atoms with Gasteiger partial charge in [0.1, 0.15) is 0 Å². The number of pyridine rings is 1. The zero-order valence-electron chi connectivity index (χ0n) is 17.5. The van der Waals surface area contributed by atoms with Crippen LogP contribution in [0.2, 0.25) is 0 Å². The van der Waals surface area contributed by atoms with E-state index in [1.54, 1.807) is 13.2 Å². The van der Waals surface area contributed by atoms with Crippen LogP contribution in [0.3, 0.4) is 0 Å². The van der Waals surface area contributed by atoms with E-state index in [1.165, 1.54) is 38.6 Å². The van der Waals surface area contributed by atoms with Gasteiger partial charge < -0.3 is 4.57 Å². The molecule has 0 bridgehead atoms. The summed E-state index contributed by atoms with van der Waals surface area (Å²) >= 11 is 1.44. The van der Waals surface area contributed by atoms with Crippen molar-refractivity contribution in [3.05, 3.63) is 57.3 Å². The minimum atomic E-state index is -4.41. The molecule has 1 fully saturated rings. The van der Waals surface area contributed by atoms with Crippen molar-refractivity contribution in [2.24, 2.45) is 7.05 Å². The third-order valence-electron chi connectivity index (χ3n) is 5.60. The van der Waals surface area contributed by atoms with Crippen LogP contribution in [0.5, 0.6) is 0 Å². The lowest BCUT2D eigenvalue weighted by molar-refractivity contribution is -0.137. The molecule has 1 aromatic carbocycles. The highest BCUT2D eigenvalue weighted by molar-refractivity contribution is 7.88. The quantitative estimate of drug-likeness (QED) is 0.569. The van der Waals surface area contributed by atoms with Crippen LogP contribution in [0.4, 0.5) is 13.2 Å². The van der Waals surface area contributed by atoms with E-state index in [1.807, 2.05) is 6.07 Å². The fraction of sp³-hybridized carbons (Fsp3) is 0.381. The van der Waals surface area contributed by atoms with E-state index in [2.05, 4.69) is 4.90 Å². The number of halogens is 3. The molecule has 0 amide bonds. The highest BCUT2D eigenvalue weighted by atomic mass is 32.2. The van der Waals surface area contributed by atoms with Gasteiger partial charge in [0.15, 0.2) is 0 Å². The van der Waals surface area contributed by atoms with Gasteiger partial charge in [-0.1, -0.05) is 12.1 Å². The molecule has 0 unspecified atom stereocenters. The van der Waals surface area contributed by atoms with Gasteiger partial charge in [0.25, 0.3) is 5.56 Å². The lowest BCUT2D eigenvalue weighted by Crippen LogP contribution is -2.47. The second kappa shape index (κ2) is 8.29. The van der Waals surface area contributed by atoms with Gasteiger partial charge in [-0.05, 0) is 23.8 Å². The monoisotopic (exact) mass is 485 g/mol. The molecule has 1 aliphatic rings. The molecule has 1 aliphatic heterocycles. The smallest absolute Gasteiger partial charge is 0.317 e. The van der Waals surface area contributed by atoms with E-state index in [0.29, 0.717) is 49.2 Å². The Morgan fingerprint density at radius 1 is 1.06 bits per heavy atom. The van der Waals surface area contributed by atoms with Crippen molar-refractivity contribution in [1.82, 2.24) is 13.8 Å². The summed E-state index contributed by atoms with van der Waals surface area (Å²) in [5, 5.41) is 0.527. The summed E-state index contributed by atoms with van der Waals surface area (Å²) in [5.41, 5.74) is 0.421. The lowest BCUT2D eigenvalue weighted by atomic mass is 10.0. The molecule has 0 aliphatic carbocycles. The first-order valence-corrected chi connectivity index (χ1v) is 12.6. The predicted molar refractivity (Wildman–Crippen MR) is 119 cm³/mol. The summed E-state index contributed by atoms with van der Waals surface area (Å²) in [6, 6.07) is 6.76. The van der Waals surface area contributed by atoms with Crippen molar-refractivity contribution in [2.75, 3.05) is 32.4 Å². The Morgan fingerprint density at radius 3 is 2.25 bits per heavy atom. The normalized spacial score (nSPS) is 16.7. The molecule has 172 valence electrons. The third-order valence-corrected chi connectivity index (χ3v) is 8.06. The molecule has 2 aromatic heterocycles. The van der Waals surface area contributed by atoms with Crippen molar-refractivity contribution in [1.29, 1.82) is 0 Å². The van der Waals surface area contributed by atoms with Gasteiger partial charge in [0.2, 0.25) is 10.0 Å². The third kappa shape index (κ3) is 4.61. The number of aryl methyl sites for hydroxylation is 1. The molecule has 3 heterocycles. The maximum absolute atomic E-state index is 12.9. The summed E-state index contributed by atoms with van der Waals surface area (Å²) in [6.07, 6.45) is -1.56. The topological polar surface area (TPSA) is 62.6 Å². The van der Waals surface area contributed by atoms with Gasteiger partial charge >= 0.3 is 6.18 Å². The predicted octanol–water partition coefficient (Wildman–Crippen LogP) is 3.36. The Bertz CT molecular complexity index is 1300. The summed E-state index contributed by atoms with van der Waals surface area (Å²) < 4.78 is 65.8. The summed E-state index contributed by atoms with van der Waals surface area (Å²) in [6.45, 7) is 2.59. The van der Waals surface area contributed by atoms with Crippen LogP contribution in [-0.2, 0) is 29.8 Å². The van der Waals surface area contributed by atoms with E-state index in [4.69, 9.17) is 0 Å². The van der Waals surface area contributed by atoms with Gasteiger partial charge in [-0.2, -0.15) is 17.5 Å². The highest BCUT2D eigenvalue weighted by Crippen LogP contribution is 2.36. The summed E-state index contributed by atoms with van der Waals surface area (Å²) in [5.74, 6) is 0. The molecule has 3 aromatic rings. The van der Waals surface area contributed by atoms with Crippen LogP contribution < -0.4 is 5.56 Å². The molecular formula is C21H22F3N3O3S2. The van der Waals surface area contributed by atoms with Gasteiger partial charge in [-0.3, -0.25) is 9.69 Å². The Morgan fingerprint density at radius 2 is 1.69 bits per heavy atom. The fourth-order valence-electron chi connectivity index (χ4n) is 3.86. The molecule has 6 nitrogen and oxygen atoms in total. The van der Waals surface area contributed by atoms with Gasteiger partial charge in [-0.15, -0.1) is 11.3 Å². The molecule has 0 saturated carbocycles. The van der Waals surface area contributed by atoms with Gasteiger partial charge in [-0.25, -0.2) is 8.42 Å². The Hall–Kier alpha value is -2.21. The van der Waals surface area contributed by atoms with Crippen molar-refractivity contribution in [3.8, 4) is 11.1 Å². The summed E-state index contributed by atoms with van der Waals surface area (Å²) in [7, 11) is -1.58. The van der Waals surface area contributed by atoms with Crippen LogP contribution in [0.15, 0.2) is 41.3 Å². The number of sulfonamides is 1. The number of thiophene rings is 1. The number of fused-ring (bicyclic) bond motifs is 1. The number of aromatic nitrogens is 1. The number of alkyl halides is 3. The number of piperazine rings is 1. The van der Waals surface area contributed by atoms with E-state index < -0.39 is 21.8 Å². The number of nitrogens with zero attached hydrogens (tertiary/aromatic N) is 3. The molecular weight excluding hydrogens is 463 g/mol. The molecule has 4 rings (SSSR count). The number of hydrogen-bond donors (Lipinski definition) is 0. The van der Waals surface area contributed by atoms with E-state index in [-0.39, 0.29) is 5.56 Å². The van der Waals surface area contributed by atoms with Crippen molar-refractivity contribution in [2.45, 2.75) is 12.7 Å². The second-order valence-electron chi connectivity index (χ2n) is 7.93. The molecule has 32 heavy (non-hydrogen) atoms. The van der Waals surface area contributed by atoms with E-state index in [9.17, 15) is 26.4 Å². The average Bonchev–Trinajstić information content (AvgIpc) is 3.14. The van der Waals surface area contributed by atoms with Crippen molar-refractivity contribution in [3.63, 3.8) is 0 Å². The molecule has 0 atom stereocenters. The first-order chi connectivity index (χ1) is 14.9. The maximum Gasteiger partial charge on any atom is 0.416 e. The van der Waals surface area contributed by atoms with Crippen LogP contribution in [-0.4, -0.2) is 54.6 Å². The highest BCUT2D eigenvalue weighted by Gasteiger charge is 2.30. The van der Waals surface area contributed by atoms with Crippen LogP contribution in [0.1, 0.15) is 10.4 Å². The zero-order chi connectivity index (χ0) is 23.3. The first-order valence-electron chi connectivity index (χ1n) is 9.90. The SMILES string of the molecule is Cn1cc(-c2ccc(C(F)(F)F)cc2)c2sc(CN3CCN(S(C)(=O)=O)CC3)cc2c1=O. The number of hydrogen-bond acceptors (Lipinski definition) is 5. The van der Waals surface area contributed by atoms with Crippen LogP contribution in [0, 0.1) is 0 Å². The molecule has 0 radical (unpaired) electrons. The molecule has 0 N–H and O–H groups in total. The largest absolute Gasteiger partial charge is 0.416 e. The van der Waals surface area contributed by atoms with Crippen molar-refractivity contribution < 1.29 is 21.6 Å². The van der Waals surface area contributed by atoms with E-state index >= 15 is 0 Å². The maximum atomic E-state index is 12.9. The van der Waals surface area contributed by atoms with Gasteiger partial charge in [0.05, 0.1) is 17.2 Å². The van der Waals surface area contributed by atoms with Crippen molar-refractivity contribution >= 4 is 31.4 Å². The molecule has 11 heteroatoms.